The van der Waals surface area contributed by atoms with Crippen LogP contribution in [-0.4, -0.2) is 40.2 Å². The summed E-state index contributed by atoms with van der Waals surface area (Å²) < 4.78 is 63.1. The molecule has 8 nitrogen and oxygen atoms in total. The Bertz CT molecular complexity index is 760. The van der Waals surface area contributed by atoms with Crippen molar-refractivity contribution >= 4 is 31.7 Å². The van der Waals surface area contributed by atoms with Gasteiger partial charge in [-0.3, -0.25) is 9.52 Å². The van der Waals surface area contributed by atoms with Gasteiger partial charge in [-0.05, 0) is 25.1 Å². The molecule has 1 atom stereocenters. The van der Waals surface area contributed by atoms with Gasteiger partial charge in [-0.2, -0.15) is 4.72 Å². The van der Waals surface area contributed by atoms with Gasteiger partial charge in [0.25, 0.3) is 0 Å². The molecule has 3 N–H and O–H groups in total. The number of hydrogen-bond acceptors (Lipinski definition) is 5. The van der Waals surface area contributed by atoms with Crippen LogP contribution in [0.15, 0.2) is 23.1 Å². The lowest BCUT2D eigenvalue weighted by atomic mass is 10.3. The molecule has 0 bridgehead atoms. The molecule has 0 heterocycles. The van der Waals surface area contributed by atoms with E-state index in [1.807, 2.05) is 4.72 Å². The zero-order chi connectivity index (χ0) is 16.4. The molecule has 1 aromatic carbocycles. The number of carbonyl (C=O) groups is 1. The number of carboxylic acid groups (broad SMARTS) is 1. The maximum Gasteiger partial charge on any atom is 0.321 e. The molecule has 0 aliphatic rings. The van der Waals surface area contributed by atoms with Gasteiger partial charge in [-0.15, -0.1) is 0 Å². The third kappa shape index (κ3) is 4.95. The van der Waals surface area contributed by atoms with Crippen LogP contribution < -0.4 is 9.44 Å². The van der Waals surface area contributed by atoms with E-state index in [2.05, 4.69) is 0 Å². The summed E-state index contributed by atoms with van der Waals surface area (Å²) in [6.45, 7) is 1.08. The highest BCUT2D eigenvalue weighted by Gasteiger charge is 2.24. The van der Waals surface area contributed by atoms with Crippen molar-refractivity contribution in [3.05, 3.63) is 24.0 Å². The Kier molecular flexibility index (Phi) is 4.91. The van der Waals surface area contributed by atoms with Crippen molar-refractivity contribution in [1.29, 1.82) is 0 Å². The standard InChI is InChI=1S/C10H13FN2O6S2/c1-6(10(14)15)12-21(18,19)9-4-3-7(5-8(9)11)13-20(2,16)17/h3-6,12-13H,1-2H3,(H,14,15). The Labute approximate surface area is 121 Å². The monoisotopic (exact) mass is 340 g/mol. The van der Waals surface area contributed by atoms with E-state index in [0.717, 1.165) is 25.3 Å². The fourth-order valence-corrected chi connectivity index (χ4v) is 3.15. The lowest BCUT2D eigenvalue weighted by Gasteiger charge is -2.12. The summed E-state index contributed by atoms with van der Waals surface area (Å²) in [5.74, 6) is -2.64. The molecule has 0 aliphatic heterocycles. The zero-order valence-corrected chi connectivity index (χ0v) is 12.6. The summed E-state index contributed by atoms with van der Waals surface area (Å²) in [5, 5.41) is 8.64. The molecule has 11 heteroatoms. The van der Waals surface area contributed by atoms with E-state index in [-0.39, 0.29) is 5.69 Å². The first-order valence-corrected chi connectivity index (χ1v) is 8.82. The Morgan fingerprint density at radius 3 is 2.29 bits per heavy atom. The lowest BCUT2D eigenvalue weighted by Crippen LogP contribution is -2.38. The number of anilines is 1. The van der Waals surface area contributed by atoms with Crippen LogP contribution in [0.1, 0.15) is 6.92 Å². The Morgan fingerprint density at radius 1 is 1.29 bits per heavy atom. The first-order valence-electron chi connectivity index (χ1n) is 5.45. The molecule has 0 radical (unpaired) electrons. The van der Waals surface area contributed by atoms with Gasteiger partial charge in [0.2, 0.25) is 20.0 Å². The van der Waals surface area contributed by atoms with Gasteiger partial charge in [0, 0.05) is 0 Å². The van der Waals surface area contributed by atoms with Gasteiger partial charge >= 0.3 is 5.97 Å². The van der Waals surface area contributed by atoms with Gasteiger partial charge < -0.3 is 5.11 Å². The van der Waals surface area contributed by atoms with Crippen LogP contribution in [-0.2, 0) is 24.8 Å². The third-order valence-corrected chi connectivity index (χ3v) is 4.41. The van der Waals surface area contributed by atoms with E-state index in [1.165, 1.54) is 0 Å². The molecule has 0 spiro atoms. The highest BCUT2D eigenvalue weighted by molar-refractivity contribution is 7.92. The average Bonchev–Trinajstić information content (AvgIpc) is 2.25. The third-order valence-electron chi connectivity index (χ3n) is 2.23. The van der Waals surface area contributed by atoms with Crippen LogP contribution in [0.4, 0.5) is 10.1 Å². The predicted molar refractivity (Wildman–Crippen MR) is 72.3 cm³/mol. The highest BCUT2D eigenvalue weighted by atomic mass is 32.2. The number of aliphatic carboxylic acids is 1. The van der Waals surface area contributed by atoms with E-state index < -0.39 is 42.8 Å². The Morgan fingerprint density at radius 2 is 1.86 bits per heavy atom. The lowest BCUT2D eigenvalue weighted by molar-refractivity contribution is -0.138. The van der Waals surface area contributed by atoms with Crippen LogP contribution in [0.25, 0.3) is 0 Å². The van der Waals surface area contributed by atoms with Crippen LogP contribution in [0, 0.1) is 5.82 Å². The number of hydrogen-bond donors (Lipinski definition) is 3. The molecular formula is C10H13FN2O6S2. The smallest absolute Gasteiger partial charge is 0.321 e. The van der Waals surface area contributed by atoms with Gasteiger partial charge in [0.05, 0.1) is 11.9 Å². The number of rotatable bonds is 6. The molecule has 0 aromatic heterocycles. The predicted octanol–water partition coefficient (Wildman–Crippen LogP) is -0.0514. The minimum absolute atomic E-state index is 0.153. The number of nitrogens with one attached hydrogen (secondary N) is 2. The Hall–Kier alpha value is -1.72. The van der Waals surface area contributed by atoms with E-state index in [4.69, 9.17) is 5.11 Å². The molecule has 1 unspecified atom stereocenters. The van der Waals surface area contributed by atoms with Gasteiger partial charge in [0.15, 0.2) is 0 Å². The summed E-state index contributed by atoms with van der Waals surface area (Å²) >= 11 is 0. The number of sulfonamides is 2. The highest BCUT2D eigenvalue weighted by Crippen LogP contribution is 2.19. The van der Waals surface area contributed by atoms with E-state index in [1.54, 1.807) is 4.72 Å². The first-order chi connectivity index (χ1) is 9.42. The second kappa shape index (κ2) is 5.95. The normalized spacial score (nSPS) is 13.7. The minimum Gasteiger partial charge on any atom is -0.480 e. The second-order valence-corrected chi connectivity index (χ2v) is 7.63. The largest absolute Gasteiger partial charge is 0.480 e. The summed E-state index contributed by atoms with van der Waals surface area (Å²) in [5.41, 5.74) is -0.153. The summed E-state index contributed by atoms with van der Waals surface area (Å²) in [7, 11) is -8.01. The molecular weight excluding hydrogens is 327 g/mol. The van der Waals surface area contributed by atoms with Gasteiger partial charge in [-0.1, -0.05) is 0 Å². The van der Waals surface area contributed by atoms with Crippen LogP contribution in [0.3, 0.4) is 0 Å². The maximum atomic E-state index is 13.8. The summed E-state index contributed by atoms with van der Waals surface area (Å²) in [6, 6.07) is 1.12. The summed E-state index contributed by atoms with van der Waals surface area (Å²) in [4.78, 5) is 9.82. The van der Waals surface area contributed by atoms with Crippen molar-refractivity contribution < 1.29 is 31.1 Å². The fraction of sp³-hybridized carbons (Fsp3) is 0.300. The second-order valence-electron chi connectivity index (χ2n) is 4.20. The molecule has 0 amide bonds. The SMILES string of the molecule is CC(NS(=O)(=O)c1ccc(NS(C)(=O)=O)cc1F)C(=O)O. The zero-order valence-electron chi connectivity index (χ0n) is 11.0. The van der Waals surface area contributed by atoms with Gasteiger partial charge in [0.1, 0.15) is 16.8 Å². The molecule has 1 aromatic rings. The van der Waals surface area contributed by atoms with Crippen molar-refractivity contribution in [3.8, 4) is 0 Å². The van der Waals surface area contributed by atoms with E-state index in [0.29, 0.717) is 6.07 Å². The van der Waals surface area contributed by atoms with Crippen molar-refractivity contribution in [2.75, 3.05) is 11.0 Å². The van der Waals surface area contributed by atoms with Crippen molar-refractivity contribution in [1.82, 2.24) is 4.72 Å². The summed E-state index contributed by atoms with van der Waals surface area (Å²) in [6.07, 6.45) is 0.853. The Balaban J connectivity index is 3.12. The van der Waals surface area contributed by atoms with Crippen molar-refractivity contribution in [3.63, 3.8) is 0 Å². The van der Waals surface area contributed by atoms with Crippen molar-refractivity contribution in [2.24, 2.45) is 0 Å². The minimum atomic E-state index is -4.38. The number of benzene rings is 1. The molecule has 1 rings (SSSR count). The van der Waals surface area contributed by atoms with Crippen LogP contribution in [0.2, 0.25) is 0 Å². The van der Waals surface area contributed by atoms with Crippen molar-refractivity contribution in [2.45, 2.75) is 17.9 Å². The first kappa shape index (κ1) is 17.3. The molecule has 0 fully saturated rings. The number of carboxylic acids is 1. The van der Waals surface area contributed by atoms with E-state index in [9.17, 15) is 26.0 Å². The topological polar surface area (TPSA) is 130 Å². The van der Waals surface area contributed by atoms with E-state index >= 15 is 0 Å². The van der Waals surface area contributed by atoms with Gasteiger partial charge in [-0.25, -0.2) is 21.2 Å². The molecule has 0 saturated carbocycles. The average molecular weight is 340 g/mol. The maximum absolute atomic E-state index is 13.8. The molecule has 0 aliphatic carbocycles. The number of halogens is 1. The molecule has 21 heavy (non-hydrogen) atoms. The fourth-order valence-electron chi connectivity index (χ4n) is 1.34. The quantitative estimate of drug-likeness (QED) is 0.666. The van der Waals surface area contributed by atoms with Crippen LogP contribution in [0.5, 0.6) is 0 Å². The molecule has 0 saturated heterocycles. The molecule has 118 valence electrons. The van der Waals surface area contributed by atoms with Crippen LogP contribution >= 0.6 is 0 Å².